The van der Waals surface area contributed by atoms with E-state index in [0.717, 1.165) is 21.4 Å². The summed E-state index contributed by atoms with van der Waals surface area (Å²) in [6, 6.07) is 26.6. The number of rotatable bonds is 5. The van der Waals surface area contributed by atoms with Gasteiger partial charge in [-0.3, -0.25) is 19.8 Å². The molecule has 3 aromatic carbocycles. The Balaban J connectivity index is 0.000000786. The van der Waals surface area contributed by atoms with Crippen LogP contribution in [-0.4, -0.2) is 30.8 Å². The van der Waals surface area contributed by atoms with E-state index in [0.29, 0.717) is 22.5 Å². The number of nitrogens with zero attached hydrogens (tertiary/aromatic N) is 2. The monoisotopic (exact) mass is 574 g/mol. The minimum Gasteiger partial charge on any atom is -0.394 e. The maximum absolute atomic E-state index is 13.8. The van der Waals surface area contributed by atoms with Crippen molar-refractivity contribution >= 4 is 15.9 Å². The highest BCUT2D eigenvalue weighted by molar-refractivity contribution is 9.10. The van der Waals surface area contributed by atoms with Crippen molar-refractivity contribution < 1.29 is 5.11 Å². The summed E-state index contributed by atoms with van der Waals surface area (Å²) >= 11 is 3.55. The minimum absolute atomic E-state index is 0.167. The lowest BCUT2D eigenvalue weighted by Crippen LogP contribution is -2.25. The zero-order chi connectivity index (χ0) is 27.4. The molecule has 38 heavy (non-hydrogen) atoms. The summed E-state index contributed by atoms with van der Waals surface area (Å²) in [5.41, 5.74) is 4.48. The zero-order valence-electron chi connectivity index (χ0n) is 21.8. The number of halogens is 1. The average molecular weight is 576 g/mol. The number of hydrogen-bond donors (Lipinski definition) is 3. The molecule has 0 spiro atoms. The highest BCUT2D eigenvalue weighted by Crippen LogP contribution is 2.33. The summed E-state index contributed by atoms with van der Waals surface area (Å²) < 4.78 is 3.95. The van der Waals surface area contributed by atoms with E-state index in [1.807, 2.05) is 98.8 Å². The van der Waals surface area contributed by atoms with Crippen molar-refractivity contribution in [1.82, 2.24) is 19.6 Å². The SMILES string of the molecule is CC(C)O.Cc1[nH]n(-c2ccccc2)c(=O)c1C(c1cccc(Br)c1)c1c(C)[nH]n(-c2ccccc2)c1=O. The molecule has 0 amide bonds. The lowest BCUT2D eigenvalue weighted by atomic mass is 9.85. The third-order valence-corrected chi connectivity index (χ3v) is 6.52. The zero-order valence-corrected chi connectivity index (χ0v) is 23.4. The van der Waals surface area contributed by atoms with Gasteiger partial charge in [0.2, 0.25) is 0 Å². The number of aliphatic hydroxyl groups is 1. The number of aromatic nitrogens is 4. The fourth-order valence-electron chi connectivity index (χ4n) is 4.48. The molecule has 0 saturated carbocycles. The number of aryl methyl sites for hydroxylation is 2. The van der Waals surface area contributed by atoms with Crippen LogP contribution in [0.25, 0.3) is 11.4 Å². The smallest absolute Gasteiger partial charge is 0.275 e. The number of aromatic amines is 2. The molecule has 0 fully saturated rings. The molecule has 0 bridgehead atoms. The van der Waals surface area contributed by atoms with Gasteiger partial charge < -0.3 is 5.11 Å². The Kier molecular flexibility index (Phi) is 8.34. The molecular weight excluding hydrogens is 544 g/mol. The van der Waals surface area contributed by atoms with Crippen molar-refractivity contribution in [2.45, 2.75) is 39.7 Å². The number of hydrogen-bond acceptors (Lipinski definition) is 3. The highest BCUT2D eigenvalue weighted by atomic mass is 79.9. The van der Waals surface area contributed by atoms with Gasteiger partial charge in [0.05, 0.1) is 22.5 Å². The second-order valence-electron chi connectivity index (χ2n) is 9.33. The van der Waals surface area contributed by atoms with Gasteiger partial charge in [-0.15, -0.1) is 0 Å². The standard InChI is InChI=1S/C27H23BrN4O2.C3H8O/c1-17-23(26(33)31(29-17)21-12-5-3-6-13-21)25(19-10-9-11-20(28)16-19)24-18(2)30-32(27(24)34)22-14-7-4-8-15-22;1-3(2)4/h3-16,25,29-30H,1-2H3;3-4H,1-2H3. The molecule has 8 heteroatoms. The maximum atomic E-state index is 13.8. The molecule has 0 aliphatic carbocycles. The van der Waals surface area contributed by atoms with Crippen LogP contribution in [0.4, 0.5) is 0 Å². The number of para-hydroxylation sites is 2. The van der Waals surface area contributed by atoms with Crippen LogP contribution < -0.4 is 11.1 Å². The molecule has 3 N–H and O–H groups in total. The molecule has 7 nitrogen and oxygen atoms in total. The van der Waals surface area contributed by atoms with Crippen LogP contribution in [0, 0.1) is 13.8 Å². The Hall–Kier alpha value is -3.88. The molecule has 0 atom stereocenters. The van der Waals surface area contributed by atoms with Gasteiger partial charge in [-0.25, -0.2) is 9.36 Å². The van der Waals surface area contributed by atoms with Crippen LogP contribution in [0.1, 0.15) is 47.8 Å². The Morgan fingerprint density at radius 2 is 1.13 bits per heavy atom. The lowest BCUT2D eigenvalue weighted by Gasteiger charge is -2.16. The third kappa shape index (κ3) is 5.66. The molecule has 0 unspecified atom stereocenters. The predicted molar refractivity (Wildman–Crippen MR) is 155 cm³/mol. The van der Waals surface area contributed by atoms with Gasteiger partial charge in [-0.05, 0) is 69.7 Å². The van der Waals surface area contributed by atoms with Gasteiger partial charge >= 0.3 is 0 Å². The first-order valence-electron chi connectivity index (χ1n) is 12.4. The number of H-pyrrole nitrogens is 2. The summed E-state index contributed by atoms with van der Waals surface area (Å²) in [5.74, 6) is -0.556. The van der Waals surface area contributed by atoms with Gasteiger partial charge in [0.15, 0.2) is 0 Å². The van der Waals surface area contributed by atoms with Gasteiger partial charge in [0.25, 0.3) is 11.1 Å². The number of aliphatic hydroxyl groups excluding tert-OH is 1. The first-order valence-corrected chi connectivity index (χ1v) is 13.2. The van der Waals surface area contributed by atoms with Gasteiger partial charge in [-0.2, -0.15) is 0 Å². The van der Waals surface area contributed by atoms with Crippen LogP contribution >= 0.6 is 15.9 Å². The normalized spacial score (nSPS) is 11.1. The summed E-state index contributed by atoms with van der Waals surface area (Å²) in [5, 5.41) is 14.5. The number of nitrogens with one attached hydrogen (secondary N) is 2. The molecule has 2 aromatic heterocycles. The van der Waals surface area contributed by atoms with Crippen LogP contribution in [0.15, 0.2) is 99.0 Å². The quantitative estimate of drug-likeness (QED) is 0.255. The van der Waals surface area contributed by atoms with Gasteiger partial charge in [0, 0.05) is 27.9 Å². The van der Waals surface area contributed by atoms with Crippen molar-refractivity contribution in [3.8, 4) is 11.4 Å². The topological polar surface area (TPSA) is 95.8 Å². The van der Waals surface area contributed by atoms with E-state index in [1.165, 1.54) is 9.36 Å². The third-order valence-electron chi connectivity index (χ3n) is 6.02. The van der Waals surface area contributed by atoms with Crippen molar-refractivity contribution in [3.05, 3.63) is 138 Å². The fraction of sp³-hybridized carbons (Fsp3) is 0.200. The van der Waals surface area contributed by atoms with Gasteiger partial charge in [-0.1, -0.05) is 64.5 Å². The van der Waals surface area contributed by atoms with E-state index >= 15 is 0 Å². The largest absolute Gasteiger partial charge is 0.394 e. The van der Waals surface area contributed by atoms with E-state index in [2.05, 4.69) is 26.1 Å². The second kappa shape index (κ2) is 11.7. The first kappa shape index (κ1) is 27.2. The van der Waals surface area contributed by atoms with Crippen LogP contribution in [0.3, 0.4) is 0 Å². The summed E-state index contributed by atoms with van der Waals surface area (Å²) in [4.78, 5) is 27.5. The molecule has 0 saturated heterocycles. The lowest BCUT2D eigenvalue weighted by molar-refractivity contribution is 0.216. The molecule has 5 aromatic rings. The molecule has 0 aliphatic heterocycles. The van der Waals surface area contributed by atoms with Crippen molar-refractivity contribution in [2.75, 3.05) is 0 Å². The Bertz CT molecular complexity index is 1530. The fourth-order valence-corrected chi connectivity index (χ4v) is 4.90. The van der Waals surface area contributed by atoms with E-state index in [4.69, 9.17) is 5.11 Å². The van der Waals surface area contributed by atoms with E-state index < -0.39 is 5.92 Å². The summed E-state index contributed by atoms with van der Waals surface area (Å²) in [6.45, 7) is 7.19. The molecule has 0 aliphatic rings. The Morgan fingerprint density at radius 1 is 0.711 bits per heavy atom. The first-order chi connectivity index (χ1) is 18.2. The van der Waals surface area contributed by atoms with E-state index in [-0.39, 0.29) is 17.2 Å². The van der Waals surface area contributed by atoms with Crippen LogP contribution in [0.2, 0.25) is 0 Å². The van der Waals surface area contributed by atoms with Crippen molar-refractivity contribution in [3.63, 3.8) is 0 Å². The molecule has 0 radical (unpaired) electrons. The molecule has 2 heterocycles. The Morgan fingerprint density at radius 3 is 1.53 bits per heavy atom. The number of benzene rings is 3. The van der Waals surface area contributed by atoms with Crippen molar-refractivity contribution in [1.29, 1.82) is 0 Å². The molecular formula is C30H31BrN4O3. The van der Waals surface area contributed by atoms with Gasteiger partial charge in [0.1, 0.15) is 0 Å². The second-order valence-corrected chi connectivity index (χ2v) is 10.3. The summed E-state index contributed by atoms with van der Waals surface area (Å²) in [6.07, 6.45) is -0.167. The van der Waals surface area contributed by atoms with Crippen LogP contribution in [-0.2, 0) is 0 Å². The van der Waals surface area contributed by atoms with Crippen LogP contribution in [0.5, 0.6) is 0 Å². The van der Waals surface area contributed by atoms with Crippen molar-refractivity contribution in [2.24, 2.45) is 0 Å². The molecule has 5 rings (SSSR count). The minimum atomic E-state index is -0.556. The summed E-state index contributed by atoms with van der Waals surface area (Å²) in [7, 11) is 0. The predicted octanol–water partition coefficient (Wildman–Crippen LogP) is 5.59. The maximum Gasteiger partial charge on any atom is 0.275 e. The molecule has 196 valence electrons. The van der Waals surface area contributed by atoms with E-state index in [1.54, 1.807) is 13.8 Å². The Labute approximate surface area is 229 Å². The highest BCUT2D eigenvalue weighted by Gasteiger charge is 2.30. The average Bonchev–Trinajstić information content (AvgIpc) is 3.35. The van der Waals surface area contributed by atoms with E-state index in [9.17, 15) is 9.59 Å².